The van der Waals surface area contributed by atoms with Gasteiger partial charge < -0.3 is 14.6 Å². The van der Waals surface area contributed by atoms with Crippen LogP contribution in [0.25, 0.3) is 0 Å². The van der Waals surface area contributed by atoms with Gasteiger partial charge in [0.1, 0.15) is 5.60 Å². The van der Waals surface area contributed by atoms with Crippen LogP contribution in [0.15, 0.2) is 30.3 Å². The summed E-state index contributed by atoms with van der Waals surface area (Å²) >= 11 is 0. The Labute approximate surface area is 137 Å². The van der Waals surface area contributed by atoms with Crippen molar-refractivity contribution in [3.05, 3.63) is 35.9 Å². The molecule has 1 aromatic rings. The minimum atomic E-state index is -1.24. The summed E-state index contributed by atoms with van der Waals surface area (Å²) in [6.07, 6.45) is -0.694. The number of hydrogen-bond donors (Lipinski definition) is 1. The molecule has 1 atom stereocenters. The van der Waals surface area contributed by atoms with Crippen molar-refractivity contribution in [1.29, 1.82) is 0 Å². The number of rotatable bonds is 6. The third kappa shape index (κ3) is 6.69. The molecule has 0 aliphatic rings. The van der Waals surface area contributed by atoms with Crippen LogP contribution in [-0.2, 0) is 16.1 Å². The second-order valence-corrected chi connectivity index (χ2v) is 6.74. The third-order valence-electron chi connectivity index (χ3n) is 3.04. The molecule has 6 nitrogen and oxygen atoms in total. The predicted molar refractivity (Wildman–Crippen MR) is 85.0 cm³/mol. The van der Waals surface area contributed by atoms with Gasteiger partial charge in [-0.05, 0) is 32.3 Å². The lowest BCUT2D eigenvalue weighted by atomic mass is 10.0. The second kappa shape index (κ2) is 7.97. The number of carbonyl (C=O) groups is 2. The molecular formula is C17H25N2O4-. The van der Waals surface area contributed by atoms with Crippen molar-refractivity contribution < 1.29 is 19.4 Å². The molecule has 0 saturated heterocycles. The fourth-order valence-electron chi connectivity index (χ4n) is 2.17. The molecule has 1 N–H and O–H groups in total. The quantitative estimate of drug-likeness (QED) is 0.807. The third-order valence-corrected chi connectivity index (χ3v) is 3.04. The standard InChI is InChI=1S/C17H26N2O4/c1-12(2)14(15(20)21)19(11-13-9-7-6-8-10-13)18-16(22)23-17(3,4)5/h6-10,12,14H,11H2,1-5H3,(H,18,22)(H,20,21)/p-1/t14-/m1/s1. The number of benzene rings is 1. The van der Waals surface area contributed by atoms with E-state index in [0.29, 0.717) is 0 Å². The van der Waals surface area contributed by atoms with E-state index in [0.717, 1.165) is 5.56 Å². The SMILES string of the molecule is CC(C)[C@H](C(=O)[O-])N(Cc1ccccc1)NC(=O)OC(C)(C)C. The Bertz CT molecular complexity index is 523. The highest BCUT2D eigenvalue weighted by molar-refractivity contribution is 5.73. The molecule has 128 valence electrons. The van der Waals surface area contributed by atoms with Crippen LogP contribution < -0.4 is 10.5 Å². The number of hydrazine groups is 1. The monoisotopic (exact) mass is 321 g/mol. The van der Waals surface area contributed by atoms with E-state index >= 15 is 0 Å². The number of aliphatic carboxylic acids is 1. The number of ether oxygens (including phenoxy) is 1. The molecule has 0 aromatic heterocycles. The first-order valence-corrected chi connectivity index (χ1v) is 7.61. The summed E-state index contributed by atoms with van der Waals surface area (Å²) in [5.74, 6) is -1.49. The first-order valence-electron chi connectivity index (χ1n) is 7.61. The number of carbonyl (C=O) groups excluding carboxylic acids is 2. The molecule has 0 fully saturated rings. The van der Waals surface area contributed by atoms with Crippen LogP contribution in [0.4, 0.5) is 4.79 Å². The van der Waals surface area contributed by atoms with E-state index in [1.165, 1.54) is 5.01 Å². The topological polar surface area (TPSA) is 81.7 Å². The van der Waals surface area contributed by atoms with E-state index < -0.39 is 23.7 Å². The summed E-state index contributed by atoms with van der Waals surface area (Å²) in [5.41, 5.74) is 2.74. The zero-order valence-electron chi connectivity index (χ0n) is 14.3. The Hall–Kier alpha value is -2.08. The van der Waals surface area contributed by atoms with Gasteiger partial charge in [-0.15, -0.1) is 0 Å². The maximum absolute atomic E-state index is 12.0. The van der Waals surface area contributed by atoms with Gasteiger partial charge in [0.15, 0.2) is 0 Å². The van der Waals surface area contributed by atoms with Gasteiger partial charge >= 0.3 is 6.09 Å². The molecule has 0 heterocycles. The molecule has 0 aliphatic carbocycles. The predicted octanol–water partition coefficient (Wildman–Crippen LogP) is 1.70. The van der Waals surface area contributed by atoms with Crippen molar-refractivity contribution in [2.24, 2.45) is 5.92 Å². The van der Waals surface area contributed by atoms with Gasteiger partial charge in [-0.25, -0.2) is 9.80 Å². The van der Waals surface area contributed by atoms with E-state index in [9.17, 15) is 14.7 Å². The number of carboxylic acids is 1. The Morgan fingerprint density at radius 2 is 1.78 bits per heavy atom. The highest BCUT2D eigenvalue weighted by Gasteiger charge is 2.27. The normalized spacial score (nSPS) is 13.0. The lowest BCUT2D eigenvalue weighted by Crippen LogP contribution is -2.57. The zero-order chi connectivity index (χ0) is 17.6. The van der Waals surface area contributed by atoms with Gasteiger partial charge in [0.25, 0.3) is 0 Å². The minimum absolute atomic E-state index is 0.233. The van der Waals surface area contributed by atoms with Gasteiger partial charge in [-0.3, -0.25) is 5.43 Å². The Kier molecular flexibility index (Phi) is 6.57. The van der Waals surface area contributed by atoms with Crippen LogP contribution in [0.2, 0.25) is 0 Å². The molecule has 23 heavy (non-hydrogen) atoms. The van der Waals surface area contributed by atoms with Crippen LogP contribution in [-0.4, -0.2) is 28.7 Å². The van der Waals surface area contributed by atoms with Crippen LogP contribution in [0.1, 0.15) is 40.2 Å². The average Bonchev–Trinajstić information content (AvgIpc) is 2.36. The van der Waals surface area contributed by atoms with E-state index in [1.807, 2.05) is 30.3 Å². The molecule has 0 aliphatic heterocycles. The highest BCUT2D eigenvalue weighted by atomic mass is 16.6. The summed E-state index contributed by atoms with van der Waals surface area (Å²) in [4.78, 5) is 23.5. The summed E-state index contributed by atoms with van der Waals surface area (Å²) in [6, 6.07) is 8.32. The van der Waals surface area contributed by atoms with Gasteiger partial charge in [0.05, 0.1) is 12.0 Å². The van der Waals surface area contributed by atoms with Crippen molar-refractivity contribution in [2.45, 2.75) is 52.8 Å². The number of nitrogens with zero attached hydrogens (tertiary/aromatic N) is 1. The first kappa shape index (κ1) is 19.0. The maximum atomic E-state index is 12.0. The maximum Gasteiger partial charge on any atom is 0.422 e. The fourth-order valence-corrected chi connectivity index (χ4v) is 2.17. The number of carboxylic acid groups (broad SMARTS) is 1. The molecule has 0 unspecified atom stereocenters. The molecular weight excluding hydrogens is 296 g/mol. The smallest absolute Gasteiger partial charge is 0.422 e. The molecule has 6 heteroatoms. The molecule has 0 bridgehead atoms. The largest absolute Gasteiger partial charge is 0.548 e. The van der Waals surface area contributed by atoms with Crippen molar-refractivity contribution in [1.82, 2.24) is 10.4 Å². The van der Waals surface area contributed by atoms with E-state index in [-0.39, 0.29) is 12.5 Å². The molecule has 1 rings (SSSR count). The zero-order valence-corrected chi connectivity index (χ0v) is 14.3. The van der Waals surface area contributed by atoms with Gasteiger partial charge in [0, 0.05) is 6.54 Å². The van der Waals surface area contributed by atoms with Crippen molar-refractivity contribution in [3.8, 4) is 0 Å². The Morgan fingerprint density at radius 3 is 2.22 bits per heavy atom. The second-order valence-electron chi connectivity index (χ2n) is 6.74. The Balaban J connectivity index is 2.96. The molecule has 0 radical (unpaired) electrons. The number of amides is 1. The lowest BCUT2D eigenvalue weighted by Gasteiger charge is -2.35. The molecule has 1 amide bonds. The highest BCUT2D eigenvalue weighted by Crippen LogP contribution is 2.14. The van der Waals surface area contributed by atoms with Crippen LogP contribution in [0, 0.1) is 5.92 Å². The number of hydrogen-bond acceptors (Lipinski definition) is 5. The summed E-state index contributed by atoms with van der Waals surface area (Å²) in [6.45, 7) is 8.98. The first-order chi connectivity index (χ1) is 10.6. The van der Waals surface area contributed by atoms with Crippen molar-refractivity contribution in [3.63, 3.8) is 0 Å². The van der Waals surface area contributed by atoms with Crippen molar-refractivity contribution in [2.75, 3.05) is 0 Å². The molecule has 0 saturated carbocycles. The van der Waals surface area contributed by atoms with Crippen LogP contribution >= 0.6 is 0 Å². The fraction of sp³-hybridized carbons (Fsp3) is 0.529. The van der Waals surface area contributed by atoms with E-state index in [4.69, 9.17) is 4.74 Å². The Morgan fingerprint density at radius 1 is 1.22 bits per heavy atom. The van der Waals surface area contributed by atoms with E-state index in [2.05, 4.69) is 5.43 Å². The summed E-state index contributed by atoms with van der Waals surface area (Å²) in [7, 11) is 0. The summed E-state index contributed by atoms with van der Waals surface area (Å²) < 4.78 is 5.21. The summed E-state index contributed by atoms with van der Waals surface area (Å²) in [5, 5.41) is 12.8. The van der Waals surface area contributed by atoms with Crippen LogP contribution in [0.5, 0.6) is 0 Å². The van der Waals surface area contributed by atoms with Gasteiger partial charge in [0.2, 0.25) is 0 Å². The average molecular weight is 321 g/mol. The minimum Gasteiger partial charge on any atom is -0.548 e. The van der Waals surface area contributed by atoms with Crippen LogP contribution in [0.3, 0.4) is 0 Å². The van der Waals surface area contributed by atoms with Gasteiger partial charge in [-0.1, -0.05) is 44.2 Å². The molecule has 1 aromatic carbocycles. The van der Waals surface area contributed by atoms with Gasteiger partial charge in [-0.2, -0.15) is 0 Å². The lowest BCUT2D eigenvalue weighted by molar-refractivity contribution is -0.314. The van der Waals surface area contributed by atoms with Crippen molar-refractivity contribution >= 4 is 12.1 Å². The molecule has 0 spiro atoms. The van der Waals surface area contributed by atoms with E-state index in [1.54, 1.807) is 34.6 Å². The number of nitrogens with one attached hydrogen (secondary N) is 1.